The predicted molar refractivity (Wildman–Crippen MR) is 58.9 cm³/mol. The second kappa shape index (κ2) is 6.78. The highest BCUT2D eigenvalue weighted by molar-refractivity contribution is 5.62. The molecule has 0 aliphatic rings. The molecule has 96 valence electrons. The summed E-state index contributed by atoms with van der Waals surface area (Å²) < 4.78 is 37.0. The third-order valence-corrected chi connectivity index (χ3v) is 1.60. The lowest BCUT2D eigenvalue weighted by atomic mass is 10.1. The van der Waals surface area contributed by atoms with Crippen LogP contribution in [0.2, 0.25) is 0 Å². The highest BCUT2D eigenvalue weighted by atomic mass is 19.4. The van der Waals surface area contributed by atoms with Gasteiger partial charge >= 0.3 is 6.18 Å². The van der Waals surface area contributed by atoms with E-state index >= 15 is 0 Å². The Morgan fingerprint density at radius 1 is 1.35 bits per heavy atom. The number of alkyl halides is 3. The summed E-state index contributed by atoms with van der Waals surface area (Å²) in [5, 5.41) is 10.1. The first-order valence-electron chi connectivity index (χ1n) is 4.88. The molecule has 0 saturated carbocycles. The van der Waals surface area contributed by atoms with Crippen LogP contribution in [0.3, 0.4) is 0 Å². The summed E-state index contributed by atoms with van der Waals surface area (Å²) in [5.74, 6) is -0.833. The molecule has 0 aromatic heterocycles. The molecule has 1 aromatic rings. The average Bonchev–Trinajstić information content (AvgIpc) is 2.16. The number of nitrogens with one attached hydrogen (secondary N) is 1. The first-order valence-corrected chi connectivity index (χ1v) is 4.88. The summed E-state index contributed by atoms with van der Waals surface area (Å²) in [6, 6.07) is 5.45. The fraction of sp³-hybridized carbons (Fsp3) is 0.364. The Hall–Kier alpha value is -1.72. The molecule has 0 radical (unpaired) electrons. The monoisotopic (exact) mass is 249 g/mol. The Bertz CT molecular complexity index is 360. The molecule has 0 fully saturated rings. The second-order valence-corrected chi connectivity index (χ2v) is 3.09. The van der Waals surface area contributed by atoms with Crippen molar-refractivity contribution in [3.05, 3.63) is 29.8 Å². The normalized spacial score (nSPS) is 10.2. The van der Waals surface area contributed by atoms with E-state index in [0.29, 0.717) is 6.54 Å². The number of benzene rings is 1. The molecular formula is C11H14F3NO2. The molecule has 0 amide bonds. The van der Waals surface area contributed by atoms with Crippen LogP contribution in [0, 0.1) is 0 Å². The van der Waals surface area contributed by atoms with E-state index in [1.165, 1.54) is 12.1 Å². The van der Waals surface area contributed by atoms with Gasteiger partial charge < -0.3 is 10.4 Å². The van der Waals surface area contributed by atoms with Gasteiger partial charge in [-0.1, -0.05) is 12.1 Å². The minimum absolute atomic E-state index is 0.137. The first kappa shape index (κ1) is 15.3. The molecular weight excluding hydrogens is 235 g/mol. The van der Waals surface area contributed by atoms with Crippen molar-refractivity contribution in [2.75, 3.05) is 11.9 Å². The van der Waals surface area contributed by atoms with E-state index in [1.54, 1.807) is 13.0 Å². The maximum absolute atomic E-state index is 12.3. The highest BCUT2D eigenvalue weighted by Gasteiger charge is 2.32. The lowest BCUT2D eigenvalue weighted by Gasteiger charge is -2.12. The molecule has 17 heavy (non-hydrogen) atoms. The summed E-state index contributed by atoms with van der Waals surface area (Å²) >= 11 is 0. The summed E-state index contributed by atoms with van der Waals surface area (Å²) in [7, 11) is 0. The number of carbonyl (C=O) groups is 1. The van der Waals surface area contributed by atoms with Gasteiger partial charge in [0, 0.05) is 19.2 Å². The highest BCUT2D eigenvalue weighted by Crippen LogP contribution is 2.34. The van der Waals surface area contributed by atoms with Crippen LogP contribution in [0.1, 0.15) is 19.4 Å². The van der Waals surface area contributed by atoms with Crippen LogP contribution in [-0.2, 0) is 11.0 Å². The minimum Gasteiger partial charge on any atom is -0.481 e. The van der Waals surface area contributed by atoms with E-state index in [9.17, 15) is 13.2 Å². The van der Waals surface area contributed by atoms with E-state index in [2.05, 4.69) is 5.32 Å². The number of carboxylic acid groups (broad SMARTS) is 1. The van der Waals surface area contributed by atoms with Gasteiger partial charge in [0.2, 0.25) is 0 Å². The second-order valence-electron chi connectivity index (χ2n) is 3.09. The smallest absolute Gasteiger partial charge is 0.418 e. The Morgan fingerprint density at radius 3 is 2.24 bits per heavy atom. The number of anilines is 1. The third kappa shape index (κ3) is 6.44. The number of halogens is 3. The Kier molecular flexibility index (Phi) is 6.09. The first-order chi connectivity index (χ1) is 7.79. The lowest BCUT2D eigenvalue weighted by Crippen LogP contribution is -2.10. The molecule has 1 aromatic carbocycles. The van der Waals surface area contributed by atoms with Crippen molar-refractivity contribution in [1.29, 1.82) is 0 Å². The van der Waals surface area contributed by atoms with Crippen LogP contribution in [0.15, 0.2) is 24.3 Å². The summed E-state index contributed by atoms with van der Waals surface area (Å²) in [6.45, 7) is 3.32. The van der Waals surface area contributed by atoms with E-state index in [4.69, 9.17) is 9.90 Å². The van der Waals surface area contributed by atoms with Crippen molar-refractivity contribution >= 4 is 11.7 Å². The van der Waals surface area contributed by atoms with Gasteiger partial charge in [0.25, 0.3) is 5.97 Å². The van der Waals surface area contributed by atoms with Crippen LogP contribution < -0.4 is 5.32 Å². The molecule has 0 spiro atoms. The van der Waals surface area contributed by atoms with Gasteiger partial charge in [0.1, 0.15) is 0 Å². The van der Waals surface area contributed by atoms with E-state index in [1.807, 2.05) is 0 Å². The van der Waals surface area contributed by atoms with Crippen LogP contribution >= 0.6 is 0 Å². The fourth-order valence-corrected chi connectivity index (χ4v) is 1.07. The predicted octanol–water partition coefficient (Wildman–Crippen LogP) is 3.23. The number of hydrogen-bond donors (Lipinski definition) is 2. The Balaban J connectivity index is 0.000000557. The van der Waals surface area contributed by atoms with Gasteiger partial charge in [-0.25, -0.2) is 0 Å². The summed E-state index contributed by atoms with van der Waals surface area (Å²) in [4.78, 5) is 9.00. The Morgan fingerprint density at radius 2 is 1.82 bits per heavy atom. The van der Waals surface area contributed by atoms with Crippen molar-refractivity contribution in [3.63, 3.8) is 0 Å². The molecule has 0 aliphatic heterocycles. The maximum Gasteiger partial charge on any atom is 0.418 e. The minimum atomic E-state index is -4.28. The molecule has 2 N–H and O–H groups in total. The standard InChI is InChI=1S/C9H10F3N.C2H4O2/c1-2-13-8-6-4-3-5-7(8)9(10,11)12;1-2(3)4/h3-6,13H,2H2,1H3;1H3,(H,3,4). The van der Waals surface area contributed by atoms with Gasteiger partial charge in [0.05, 0.1) is 5.56 Å². The number of hydrogen-bond acceptors (Lipinski definition) is 2. The van der Waals surface area contributed by atoms with Crippen molar-refractivity contribution < 1.29 is 23.1 Å². The number of carboxylic acids is 1. The lowest BCUT2D eigenvalue weighted by molar-refractivity contribution is -0.137. The van der Waals surface area contributed by atoms with Crippen molar-refractivity contribution in [2.24, 2.45) is 0 Å². The molecule has 3 nitrogen and oxygen atoms in total. The molecule has 0 unspecified atom stereocenters. The molecule has 1 rings (SSSR count). The van der Waals surface area contributed by atoms with Crippen LogP contribution in [-0.4, -0.2) is 17.6 Å². The fourth-order valence-electron chi connectivity index (χ4n) is 1.07. The average molecular weight is 249 g/mol. The molecule has 0 saturated heterocycles. The zero-order chi connectivity index (χ0) is 13.5. The molecule has 0 bridgehead atoms. The number of rotatable bonds is 2. The number of aliphatic carboxylic acids is 1. The van der Waals surface area contributed by atoms with Gasteiger partial charge in [-0.15, -0.1) is 0 Å². The topological polar surface area (TPSA) is 49.3 Å². The largest absolute Gasteiger partial charge is 0.481 e. The summed E-state index contributed by atoms with van der Waals surface area (Å²) in [6.07, 6.45) is -4.28. The molecule has 0 heterocycles. The van der Waals surface area contributed by atoms with Gasteiger partial charge in [0.15, 0.2) is 0 Å². The maximum atomic E-state index is 12.3. The van der Waals surface area contributed by atoms with E-state index in [-0.39, 0.29) is 5.69 Å². The molecule has 6 heteroatoms. The molecule has 0 atom stereocenters. The SMILES string of the molecule is CC(=O)O.CCNc1ccccc1C(F)(F)F. The third-order valence-electron chi connectivity index (χ3n) is 1.60. The van der Waals surface area contributed by atoms with Gasteiger partial charge in [-0.2, -0.15) is 13.2 Å². The van der Waals surface area contributed by atoms with Crippen molar-refractivity contribution in [3.8, 4) is 0 Å². The number of para-hydroxylation sites is 1. The zero-order valence-electron chi connectivity index (χ0n) is 9.51. The van der Waals surface area contributed by atoms with Crippen LogP contribution in [0.25, 0.3) is 0 Å². The van der Waals surface area contributed by atoms with E-state index in [0.717, 1.165) is 13.0 Å². The van der Waals surface area contributed by atoms with E-state index < -0.39 is 17.7 Å². The Labute approximate surface area is 97.3 Å². The van der Waals surface area contributed by atoms with Gasteiger partial charge in [-0.3, -0.25) is 4.79 Å². The zero-order valence-corrected chi connectivity index (χ0v) is 9.51. The van der Waals surface area contributed by atoms with Crippen molar-refractivity contribution in [1.82, 2.24) is 0 Å². The van der Waals surface area contributed by atoms with Crippen LogP contribution in [0.5, 0.6) is 0 Å². The van der Waals surface area contributed by atoms with Gasteiger partial charge in [-0.05, 0) is 19.1 Å². The summed E-state index contributed by atoms with van der Waals surface area (Å²) in [5.41, 5.74) is -0.477. The quantitative estimate of drug-likeness (QED) is 0.846. The van der Waals surface area contributed by atoms with Crippen molar-refractivity contribution in [2.45, 2.75) is 20.0 Å². The van der Waals surface area contributed by atoms with Crippen LogP contribution in [0.4, 0.5) is 18.9 Å². The molecule has 0 aliphatic carbocycles.